The van der Waals surface area contributed by atoms with Crippen LogP contribution in [0, 0.1) is 2.88 Å². The van der Waals surface area contributed by atoms with Gasteiger partial charge in [0.1, 0.15) is 5.01 Å². The molecular formula is C14H17IN2S2. The standard InChI is InChI=1S/C14H17IN2S2/c1-2-9-7-17-14(18-9)8-16-11-4-3-5-12-10(11)6-13(15)19-12/h6-7,11,16H,2-5,8H2,1H3. The van der Waals surface area contributed by atoms with Crippen molar-refractivity contribution in [3.05, 3.63) is 35.5 Å². The number of nitrogens with one attached hydrogen (secondary N) is 1. The van der Waals surface area contributed by atoms with E-state index < -0.39 is 0 Å². The Hall–Kier alpha value is 0.0200. The summed E-state index contributed by atoms with van der Waals surface area (Å²) < 4.78 is 1.42. The number of halogens is 1. The van der Waals surface area contributed by atoms with Crippen LogP contribution < -0.4 is 5.32 Å². The van der Waals surface area contributed by atoms with Crippen LogP contribution in [-0.4, -0.2) is 4.98 Å². The maximum absolute atomic E-state index is 4.49. The molecule has 1 aliphatic carbocycles. The Labute approximate surface area is 135 Å². The van der Waals surface area contributed by atoms with Gasteiger partial charge in [0.2, 0.25) is 0 Å². The molecule has 0 saturated heterocycles. The zero-order valence-electron chi connectivity index (χ0n) is 10.9. The van der Waals surface area contributed by atoms with Crippen LogP contribution >= 0.6 is 45.3 Å². The van der Waals surface area contributed by atoms with Crippen molar-refractivity contribution in [2.45, 2.75) is 45.2 Å². The van der Waals surface area contributed by atoms with Crippen molar-refractivity contribution in [2.75, 3.05) is 0 Å². The lowest BCUT2D eigenvalue weighted by molar-refractivity contribution is 0.462. The van der Waals surface area contributed by atoms with Crippen LogP contribution in [0.15, 0.2) is 12.3 Å². The summed E-state index contributed by atoms with van der Waals surface area (Å²) in [5.41, 5.74) is 1.54. The van der Waals surface area contributed by atoms with Crippen molar-refractivity contribution in [1.82, 2.24) is 10.3 Å². The largest absolute Gasteiger partial charge is 0.304 e. The van der Waals surface area contributed by atoms with Crippen LogP contribution in [-0.2, 0) is 19.4 Å². The molecule has 0 aromatic carbocycles. The number of hydrogen-bond donors (Lipinski definition) is 1. The van der Waals surface area contributed by atoms with E-state index in [0.717, 1.165) is 13.0 Å². The molecule has 2 nitrogen and oxygen atoms in total. The number of aryl methyl sites for hydroxylation is 2. The second kappa shape index (κ2) is 6.20. The normalized spacial score (nSPS) is 18.5. The Kier molecular flexibility index (Phi) is 4.56. The van der Waals surface area contributed by atoms with Gasteiger partial charge >= 0.3 is 0 Å². The molecule has 0 fully saturated rings. The van der Waals surface area contributed by atoms with Crippen molar-refractivity contribution >= 4 is 45.3 Å². The Morgan fingerprint density at radius 3 is 3.16 bits per heavy atom. The number of aromatic nitrogens is 1. The highest BCUT2D eigenvalue weighted by molar-refractivity contribution is 14.1. The molecule has 0 spiro atoms. The van der Waals surface area contributed by atoms with Crippen LogP contribution in [0.25, 0.3) is 0 Å². The molecule has 0 radical (unpaired) electrons. The Balaban J connectivity index is 1.67. The molecule has 1 atom stereocenters. The molecule has 1 aliphatic rings. The van der Waals surface area contributed by atoms with Gasteiger partial charge in [0.05, 0.1) is 2.88 Å². The molecule has 5 heteroatoms. The lowest BCUT2D eigenvalue weighted by Crippen LogP contribution is -2.23. The minimum atomic E-state index is 0.525. The zero-order valence-corrected chi connectivity index (χ0v) is 14.7. The number of fused-ring (bicyclic) bond motifs is 1. The molecule has 0 bridgehead atoms. The van der Waals surface area contributed by atoms with E-state index >= 15 is 0 Å². The van der Waals surface area contributed by atoms with Crippen molar-refractivity contribution < 1.29 is 0 Å². The van der Waals surface area contributed by atoms with Gasteiger partial charge in [0, 0.05) is 28.5 Å². The van der Waals surface area contributed by atoms with E-state index in [9.17, 15) is 0 Å². The molecule has 102 valence electrons. The van der Waals surface area contributed by atoms with Crippen molar-refractivity contribution in [3.63, 3.8) is 0 Å². The predicted octanol–water partition coefficient (Wildman–Crippen LogP) is 4.54. The van der Waals surface area contributed by atoms with Gasteiger partial charge in [0.15, 0.2) is 0 Å². The molecule has 0 saturated carbocycles. The highest BCUT2D eigenvalue weighted by Gasteiger charge is 2.22. The SMILES string of the molecule is CCc1cnc(CNC2CCCc3sc(I)cc32)s1. The first-order valence-electron chi connectivity index (χ1n) is 6.71. The van der Waals surface area contributed by atoms with Gasteiger partial charge in [-0.3, -0.25) is 0 Å². The van der Waals surface area contributed by atoms with Crippen LogP contribution in [0.3, 0.4) is 0 Å². The number of thiophene rings is 1. The number of nitrogens with zero attached hydrogens (tertiary/aromatic N) is 1. The third kappa shape index (κ3) is 3.20. The topological polar surface area (TPSA) is 24.9 Å². The van der Waals surface area contributed by atoms with Crippen molar-refractivity contribution in [2.24, 2.45) is 0 Å². The van der Waals surface area contributed by atoms with E-state index in [1.54, 1.807) is 4.88 Å². The lowest BCUT2D eigenvalue weighted by Gasteiger charge is -2.23. The minimum Gasteiger partial charge on any atom is -0.304 e. The van der Waals surface area contributed by atoms with Crippen LogP contribution in [0.4, 0.5) is 0 Å². The maximum Gasteiger partial charge on any atom is 0.107 e. The van der Waals surface area contributed by atoms with Gasteiger partial charge in [-0.2, -0.15) is 0 Å². The molecule has 1 unspecified atom stereocenters. The highest BCUT2D eigenvalue weighted by Crippen LogP contribution is 2.36. The van der Waals surface area contributed by atoms with E-state index in [1.807, 2.05) is 28.9 Å². The predicted molar refractivity (Wildman–Crippen MR) is 91.0 cm³/mol. The third-order valence-corrected chi connectivity index (χ3v) is 6.65. The molecule has 0 amide bonds. The molecule has 3 rings (SSSR count). The van der Waals surface area contributed by atoms with Crippen molar-refractivity contribution in [3.8, 4) is 0 Å². The Morgan fingerprint density at radius 1 is 1.47 bits per heavy atom. The number of thiazole rings is 1. The molecule has 19 heavy (non-hydrogen) atoms. The van der Waals surface area contributed by atoms with E-state index in [0.29, 0.717) is 6.04 Å². The van der Waals surface area contributed by atoms with Gasteiger partial charge in [-0.15, -0.1) is 22.7 Å². The fraction of sp³-hybridized carbons (Fsp3) is 0.500. The average Bonchev–Trinajstić information content (AvgIpc) is 3.01. The average molecular weight is 404 g/mol. The fourth-order valence-electron chi connectivity index (χ4n) is 2.54. The summed E-state index contributed by atoms with van der Waals surface area (Å²) in [7, 11) is 0. The van der Waals surface area contributed by atoms with Crippen molar-refractivity contribution in [1.29, 1.82) is 0 Å². The first kappa shape index (κ1) is 14.0. The summed E-state index contributed by atoms with van der Waals surface area (Å²) >= 11 is 6.23. The summed E-state index contributed by atoms with van der Waals surface area (Å²) in [6.45, 7) is 3.09. The molecule has 0 aliphatic heterocycles. The van der Waals surface area contributed by atoms with Crippen LogP contribution in [0.5, 0.6) is 0 Å². The summed E-state index contributed by atoms with van der Waals surface area (Å²) in [6, 6.07) is 2.88. The number of hydrogen-bond acceptors (Lipinski definition) is 4. The Bertz CT molecular complexity index is 562. The quantitative estimate of drug-likeness (QED) is 0.757. The smallest absolute Gasteiger partial charge is 0.107 e. The van der Waals surface area contributed by atoms with E-state index in [-0.39, 0.29) is 0 Å². The first-order valence-corrected chi connectivity index (χ1v) is 9.42. The second-order valence-electron chi connectivity index (χ2n) is 4.83. The minimum absolute atomic E-state index is 0.525. The fourth-order valence-corrected chi connectivity index (χ4v) is 5.47. The van der Waals surface area contributed by atoms with Gasteiger partial charge in [-0.1, -0.05) is 6.92 Å². The molecule has 1 N–H and O–H groups in total. The maximum atomic E-state index is 4.49. The Morgan fingerprint density at radius 2 is 2.37 bits per heavy atom. The monoisotopic (exact) mass is 404 g/mol. The van der Waals surface area contributed by atoms with Gasteiger partial charge in [0.25, 0.3) is 0 Å². The molecule has 2 heterocycles. The lowest BCUT2D eigenvalue weighted by atomic mass is 9.94. The third-order valence-electron chi connectivity index (χ3n) is 3.53. The second-order valence-corrected chi connectivity index (χ2v) is 9.06. The van der Waals surface area contributed by atoms with Crippen LogP contribution in [0.2, 0.25) is 0 Å². The van der Waals surface area contributed by atoms with Gasteiger partial charge < -0.3 is 5.32 Å². The van der Waals surface area contributed by atoms with Gasteiger partial charge in [-0.05, 0) is 59.9 Å². The highest BCUT2D eigenvalue weighted by atomic mass is 127. The van der Waals surface area contributed by atoms with E-state index in [4.69, 9.17) is 0 Å². The zero-order chi connectivity index (χ0) is 13.2. The van der Waals surface area contributed by atoms with Gasteiger partial charge in [-0.25, -0.2) is 4.98 Å². The van der Waals surface area contributed by atoms with E-state index in [2.05, 4.69) is 45.9 Å². The molecule has 2 aromatic rings. The summed E-state index contributed by atoms with van der Waals surface area (Å²) in [5, 5.41) is 4.91. The molecule has 2 aromatic heterocycles. The summed E-state index contributed by atoms with van der Waals surface area (Å²) in [6.07, 6.45) is 6.93. The summed E-state index contributed by atoms with van der Waals surface area (Å²) in [5.74, 6) is 0. The van der Waals surface area contributed by atoms with Crippen LogP contribution in [0.1, 0.15) is 46.1 Å². The number of rotatable bonds is 4. The van der Waals surface area contributed by atoms with E-state index in [1.165, 1.54) is 37.6 Å². The first-order chi connectivity index (χ1) is 9.26. The summed E-state index contributed by atoms with van der Waals surface area (Å²) in [4.78, 5) is 7.46. The molecular weight excluding hydrogens is 387 g/mol.